The molecule has 0 radical (unpaired) electrons. The molecule has 0 atom stereocenters. The van der Waals surface area contributed by atoms with E-state index in [1.54, 1.807) is 0 Å². The number of esters is 1. The molecule has 20 heavy (non-hydrogen) atoms. The Hall–Kier alpha value is -2.03. The van der Waals surface area contributed by atoms with Crippen molar-refractivity contribution in [3.63, 3.8) is 0 Å². The highest BCUT2D eigenvalue weighted by Crippen LogP contribution is 2.23. The van der Waals surface area contributed by atoms with Crippen LogP contribution in [0.15, 0.2) is 22.6 Å². The molecule has 0 amide bonds. The van der Waals surface area contributed by atoms with Crippen LogP contribution in [-0.4, -0.2) is 43.3 Å². The van der Waals surface area contributed by atoms with Gasteiger partial charge < -0.3 is 4.74 Å². The van der Waals surface area contributed by atoms with Gasteiger partial charge in [0.2, 0.25) is 5.16 Å². The van der Waals surface area contributed by atoms with E-state index in [1.165, 1.54) is 29.9 Å². The lowest BCUT2D eigenvalue weighted by Crippen LogP contribution is -2.13. The molecule has 106 valence electrons. The van der Waals surface area contributed by atoms with E-state index in [0.717, 1.165) is 23.6 Å². The Bertz CT molecular complexity index is 588. The van der Waals surface area contributed by atoms with E-state index < -0.39 is 5.97 Å². The summed E-state index contributed by atoms with van der Waals surface area (Å²) in [6, 6.07) is 1.89. The van der Waals surface area contributed by atoms with Crippen molar-refractivity contribution in [2.45, 2.75) is 36.5 Å². The van der Waals surface area contributed by atoms with Crippen LogP contribution in [0.2, 0.25) is 0 Å². The van der Waals surface area contributed by atoms with E-state index in [4.69, 9.17) is 0 Å². The molecule has 0 unspecified atom stereocenters. The van der Waals surface area contributed by atoms with Gasteiger partial charge in [0.25, 0.3) is 0 Å². The Morgan fingerprint density at radius 2 is 2.30 bits per heavy atom. The highest BCUT2D eigenvalue weighted by atomic mass is 32.2. The van der Waals surface area contributed by atoms with Crippen LogP contribution in [0.1, 0.15) is 19.0 Å². The standard InChI is InChI=1S/C11H14N6O2S/c1-3-4-8-5-9(13-7-12-8)20-11-14-15-16-17(11)6-10(18)19-2/h5,7H,3-4,6H2,1-2H3. The molecular weight excluding hydrogens is 280 g/mol. The van der Waals surface area contributed by atoms with Crippen molar-refractivity contribution in [2.24, 2.45) is 0 Å². The number of carbonyl (C=O) groups excluding carboxylic acids is 1. The zero-order valence-corrected chi connectivity index (χ0v) is 12.0. The van der Waals surface area contributed by atoms with Gasteiger partial charge in [0, 0.05) is 5.69 Å². The number of carbonyl (C=O) groups is 1. The van der Waals surface area contributed by atoms with Crippen molar-refractivity contribution in [1.29, 1.82) is 0 Å². The van der Waals surface area contributed by atoms with Crippen LogP contribution in [-0.2, 0) is 22.5 Å². The van der Waals surface area contributed by atoms with Gasteiger partial charge in [0.15, 0.2) is 0 Å². The fourth-order valence-electron chi connectivity index (χ4n) is 1.47. The third-order valence-corrected chi connectivity index (χ3v) is 3.31. The molecule has 0 spiro atoms. The number of methoxy groups -OCH3 is 1. The molecule has 0 N–H and O–H groups in total. The monoisotopic (exact) mass is 294 g/mol. The topological polar surface area (TPSA) is 95.7 Å². The minimum absolute atomic E-state index is 0.0290. The minimum atomic E-state index is -0.409. The Morgan fingerprint density at radius 1 is 1.45 bits per heavy atom. The molecule has 0 saturated heterocycles. The summed E-state index contributed by atoms with van der Waals surface area (Å²) in [5.74, 6) is -0.409. The van der Waals surface area contributed by atoms with E-state index >= 15 is 0 Å². The van der Waals surface area contributed by atoms with E-state index in [0.29, 0.717) is 5.16 Å². The highest BCUT2D eigenvalue weighted by molar-refractivity contribution is 7.99. The average molecular weight is 294 g/mol. The molecule has 0 bridgehead atoms. The second kappa shape index (κ2) is 6.94. The SMILES string of the molecule is CCCc1cc(Sc2nnnn2CC(=O)OC)ncn1. The maximum atomic E-state index is 11.2. The highest BCUT2D eigenvalue weighted by Gasteiger charge is 2.13. The van der Waals surface area contributed by atoms with Crippen molar-refractivity contribution in [1.82, 2.24) is 30.2 Å². The third-order valence-electron chi connectivity index (χ3n) is 2.41. The minimum Gasteiger partial charge on any atom is -0.468 e. The first-order valence-electron chi connectivity index (χ1n) is 6.04. The van der Waals surface area contributed by atoms with E-state index in [2.05, 4.69) is 37.2 Å². The Morgan fingerprint density at radius 3 is 3.05 bits per heavy atom. The van der Waals surface area contributed by atoms with Gasteiger partial charge in [-0.3, -0.25) is 4.79 Å². The first-order valence-corrected chi connectivity index (χ1v) is 6.86. The van der Waals surface area contributed by atoms with Gasteiger partial charge in [-0.15, -0.1) is 5.10 Å². The van der Waals surface area contributed by atoms with Crippen molar-refractivity contribution >= 4 is 17.7 Å². The molecule has 2 heterocycles. The molecule has 2 aromatic heterocycles. The van der Waals surface area contributed by atoms with E-state index in [-0.39, 0.29) is 6.54 Å². The molecule has 0 aromatic carbocycles. The number of ether oxygens (including phenoxy) is 1. The number of aromatic nitrogens is 6. The number of aryl methyl sites for hydroxylation is 1. The molecule has 0 aliphatic carbocycles. The van der Waals surface area contributed by atoms with Crippen molar-refractivity contribution in [2.75, 3.05) is 7.11 Å². The smallest absolute Gasteiger partial charge is 0.327 e. The summed E-state index contributed by atoms with van der Waals surface area (Å²) in [4.78, 5) is 19.6. The summed E-state index contributed by atoms with van der Waals surface area (Å²) in [5, 5.41) is 12.4. The van der Waals surface area contributed by atoms with Crippen LogP contribution in [0.3, 0.4) is 0 Å². The summed E-state index contributed by atoms with van der Waals surface area (Å²) in [5.41, 5.74) is 0.969. The molecule has 0 aliphatic rings. The van der Waals surface area contributed by atoms with Gasteiger partial charge in [-0.2, -0.15) is 0 Å². The molecule has 2 aromatic rings. The average Bonchev–Trinajstić information content (AvgIpc) is 2.86. The van der Waals surface area contributed by atoms with Gasteiger partial charge in [-0.05, 0) is 34.7 Å². The lowest BCUT2D eigenvalue weighted by atomic mass is 10.2. The lowest BCUT2D eigenvalue weighted by molar-refractivity contribution is -0.141. The predicted octanol–water partition coefficient (Wildman–Crippen LogP) is 0.740. The lowest BCUT2D eigenvalue weighted by Gasteiger charge is -2.03. The van der Waals surface area contributed by atoms with Crippen molar-refractivity contribution in [3.8, 4) is 0 Å². The van der Waals surface area contributed by atoms with Crippen LogP contribution < -0.4 is 0 Å². The molecule has 8 nitrogen and oxygen atoms in total. The number of nitrogens with zero attached hydrogens (tertiary/aromatic N) is 6. The van der Waals surface area contributed by atoms with E-state index in [1.807, 2.05) is 6.07 Å². The molecule has 9 heteroatoms. The Kier molecular flexibility index (Phi) is 4.99. The summed E-state index contributed by atoms with van der Waals surface area (Å²) >= 11 is 1.28. The molecule has 0 saturated carbocycles. The summed E-state index contributed by atoms with van der Waals surface area (Å²) in [6.07, 6.45) is 3.42. The quantitative estimate of drug-likeness (QED) is 0.568. The zero-order valence-electron chi connectivity index (χ0n) is 11.2. The van der Waals surface area contributed by atoms with Crippen LogP contribution in [0.5, 0.6) is 0 Å². The van der Waals surface area contributed by atoms with Crippen LogP contribution in [0.4, 0.5) is 0 Å². The second-order valence-corrected chi connectivity index (χ2v) is 4.88. The summed E-state index contributed by atoms with van der Waals surface area (Å²) < 4.78 is 5.96. The Labute approximate surface area is 119 Å². The normalized spacial score (nSPS) is 10.5. The summed E-state index contributed by atoms with van der Waals surface area (Å²) in [7, 11) is 1.32. The Balaban J connectivity index is 2.12. The maximum Gasteiger partial charge on any atom is 0.327 e. The zero-order chi connectivity index (χ0) is 14.4. The molecule has 2 rings (SSSR count). The van der Waals surface area contributed by atoms with Gasteiger partial charge in [-0.25, -0.2) is 14.6 Å². The van der Waals surface area contributed by atoms with Gasteiger partial charge in [-0.1, -0.05) is 13.3 Å². The van der Waals surface area contributed by atoms with E-state index in [9.17, 15) is 4.79 Å². The third kappa shape index (κ3) is 3.73. The maximum absolute atomic E-state index is 11.2. The molecular formula is C11H14N6O2S. The van der Waals surface area contributed by atoms with Crippen molar-refractivity contribution in [3.05, 3.63) is 18.1 Å². The number of hydrogen-bond acceptors (Lipinski definition) is 8. The molecule has 0 fully saturated rings. The fourth-order valence-corrected chi connectivity index (χ4v) is 2.24. The summed E-state index contributed by atoms with van der Waals surface area (Å²) in [6.45, 7) is 2.06. The first kappa shape index (κ1) is 14.4. The number of tetrazole rings is 1. The van der Waals surface area contributed by atoms with Crippen LogP contribution in [0.25, 0.3) is 0 Å². The van der Waals surface area contributed by atoms with Gasteiger partial charge in [0.05, 0.1) is 7.11 Å². The fraction of sp³-hybridized carbons (Fsp3) is 0.455. The van der Waals surface area contributed by atoms with Crippen LogP contribution in [0, 0.1) is 0 Å². The number of rotatable bonds is 6. The largest absolute Gasteiger partial charge is 0.468 e. The van der Waals surface area contributed by atoms with Gasteiger partial charge >= 0.3 is 5.97 Å². The molecule has 0 aliphatic heterocycles. The van der Waals surface area contributed by atoms with Crippen molar-refractivity contribution < 1.29 is 9.53 Å². The number of hydrogen-bond donors (Lipinski definition) is 0. The van der Waals surface area contributed by atoms with Gasteiger partial charge in [0.1, 0.15) is 17.9 Å². The predicted molar refractivity (Wildman–Crippen MR) is 70.0 cm³/mol. The van der Waals surface area contributed by atoms with Crippen LogP contribution >= 0.6 is 11.8 Å². The first-order chi connectivity index (χ1) is 9.72. The second-order valence-electron chi connectivity index (χ2n) is 3.89.